The van der Waals surface area contributed by atoms with E-state index >= 15 is 0 Å². The Morgan fingerprint density at radius 1 is 0.850 bits per heavy atom. The van der Waals surface area contributed by atoms with Gasteiger partial charge in [0.2, 0.25) is 0 Å². The lowest BCUT2D eigenvalue weighted by Crippen LogP contribution is -2.59. The molecule has 8 rings (SSSR count). The maximum absolute atomic E-state index is 6.56. The number of furan rings is 1. The van der Waals surface area contributed by atoms with E-state index in [0.717, 1.165) is 44.9 Å². The molecule has 0 radical (unpaired) electrons. The second kappa shape index (κ2) is 8.36. The Morgan fingerprint density at radius 2 is 1.62 bits per heavy atom. The Labute approximate surface area is 233 Å². The summed E-state index contributed by atoms with van der Waals surface area (Å²) in [5.41, 5.74) is 6.51. The van der Waals surface area contributed by atoms with Gasteiger partial charge >= 0.3 is 0 Å². The van der Waals surface area contributed by atoms with Crippen LogP contribution < -0.4 is 14.7 Å². The van der Waals surface area contributed by atoms with Gasteiger partial charge in [-0.2, -0.15) is 0 Å². The normalized spacial score (nSPS) is 23.2. The van der Waals surface area contributed by atoms with Crippen LogP contribution in [-0.4, -0.2) is 41.3 Å². The summed E-state index contributed by atoms with van der Waals surface area (Å²) in [5, 5.41) is 2.27. The van der Waals surface area contributed by atoms with E-state index in [9.17, 15) is 0 Å². The quantitative estimate of drug-likeness (QED) is 0.241. The topological polar surface area (TPSA) is 51.9 Å². The molecule has 0 aliphatic carbocycles. The minimum absolute atomic E-state index is 0.0136. The molecule has 0 spiro atoms. The van der Waals surface area contributed by atoms with Gasteiger partial charge in [0, 0.05) is 67.2 Å². The van der Waals surface area contributed by atoms with Crippen molar-refractivity contribution >= 4 is 44.9 Å². The van der Waals surface area contributed by atoms with Crippen molar-refractivity contribution in [3.63, 3.8) is 0 Å². The average Bonchev–Trinajstić information content (AvgIpc) is 3.64. The van der Waals surface area contributed by atoms with E-state index in [1.807, 2.05) is 12.1 Å². The number of nitrogens with zero attached hydrogens (tertiary/aromatic N) is 6. The summed E-state index contributed by atoms with van der Waals surface area (Å²) >= 11 is 0. The third kappa shape index (κ3) is 2.94. The molecule has 2 aromatic heterocycles. The summed E-state index contributed by atoms with van der Waals surface area (Å²) in [6, 6.07) is 21.3. The molecule has 5 aromatic rings. The lowest BCUT2D eigenvalue weighted by atomic mass is 9.76. The van der Waals surface area contributed by atoms with Crippen LogP contribution in [0.3, 0.4) is 0 Å². The van der Waals surface area contributed by atoms with Crippen molar-refractivity contribution in [2.75, 3.05) is 28.8 Å². The minimum Gasteiger partial charge on any atom is -0.454 e. The Morgan fingerprint density at radius 3 is 2.48 bits per heavy atom. The van der Waals surface area contributed by atoms with Crippen LogP contribution in [0, 0.1) is 12.8 Å². The van der Waals surface area contributed by atoms with Gasteiger partial charge in [-0.05, 0) is 30.2 Å². The largest absolute Gasteiger partial charge is 0.454 e. The fraction of sp³-hybridized carbons (Fsp3) is 0.212. The zero-order valence-electron chi connectivity index (χ0n) is 22.8. The molecule has 3 aromatic carbocycles. The van der Waals surface area contributed by atoms with Gasteiger partial charge in [0.05, 0.1) is 5.69 Å². The molecule has 4 unspecified atom stereocenters. The molecule has 0 saturated heterocycles. The van der Waals surface area contributed by atoms with Gasteiger partial charge in [-0.3, -0.25) is 0 Å². The molecule has 0 fully saturated rings. The number of para-hydroxylation sites is 2. The predicted molar refractivity (Wildman–Crippen MR) is 161 cm³/mol. The first-order valence-corrected chi connectivity index (χ1v) is 13.7. The number of hydrogen-bond acceptors (Lipinski definition) is 7. The maximum Gasteiger partial charge on any atom is 0.178 e. The first kappa shape index (κ1) is 23.1. The molecule has 7 heteroatoms. The SMILES string of the molecule is C=CC1c2ccccc2N2c3nccnc3N(C)C2C1C1N(C)C=CN1c1c(C)ccc2c1oc1ccccc12. The Hall–Kier alpha value is -4.78. The summed E-state index contributed by atoms with van der Waals surface area (Å²) < 4.78 is 6.56. The maximum atomic E-state index is 6.56. The molecular formula is C33H30N6O. The summed E-state index contributed by atoms with van der Waals surface area (Å²) in [4.78, 5) is 19.0. The van der Waals surface area contributed by atoms with Crippen molar-refractivity contribution in [1.82, 2.24) is 14.9 Å². The van der Waals surface area contributed by atoms with Crippen LogP contribution in [0.4, 0.5) is 23.0 Å². The van der Waals surface area contributed by atoms with Crippen LogP contribution >= 0.6 is 0 Å². The summed E-state index contributed by atoms with van der Waals surface area (Å²) in [6.45, 7) is 6.54. The number of allylic oxidation sites excluding steroid dienone is 1. The summed E-state index contributed by atoms with van der Waals surface area (Å²) in [5.74, 6) is 1.98. The molecule has 0 amide bonds. The van der Waals surface area contributed by atoms with Gasteiger partial charge < -0.3 is 24.0 Å². The zero-order chi connectivity index (χ0) is 27.1. The van der Waals surface area contributed by atoms with Gasteiger partial charge in [-0.25, -0.2) is 9.97 Å². The van der Waals surface area contributed by atoms with Crippen LogP contribution in [0.1, 0.15) is 17.0 Å². The molecule has 0 N–H and O–H groups in total. The van der Waals surface area contributed by atoms with Crippen molar-refractivity contribution in [2.24, 2.45) is 5.92 Å². The van der Waals surface area contributed by atoms with E-state index in [4.69, 9.17) is 14.4 Å². The molecule has 40 heavy (non-hydrogen) atoms. The number of aryl methyl sites for hydroxylation is 1. The van der Waals surface area contributed by atoms with Crippen molar-refractivity contribution < 1.29 is 4.42 Å². The molecule has 7 nitrogen and oxygen atoms in total. The molecule has 5 heterocycles. The first-order valence-electron chi connectivity index (χ1n) is 13.7. The number of aromatic nitrogens is 2. The van der Waals surface area contributed by atoms with Crippen molar-refractivity contribution in [3.8, 4) is 0 Å². The van der Waals surface area contributed by atoms with E-state index < -0.39 is 0 Å². The third-order valence-corrected chi connectivity index (χ3v) is 8.94. The lowest BCUT2D eigenvalue weighted by molar-refractivity contribution is 0.202. The second-order valence-electron chi connectivity index (χ2n) is 11.0. The van der Waals surface area contributed by atoms with Crippen LogP contribution in [0.2, 0.25) is 0 Å². The van der Waals surface area contributed by atoms with Crippen molar-refractivity contribution in [1.29, 1.82) is 0 Å². The number of rotatable bonds is 3. The smallest absolute Gasteiger partial charge is 0.178 e. The van der Waals surface area contributed by atoms with Crippen LogP contribution in [-0.2, 0) is 0 Å². The molecular weight excluding hydrogens is 496 g/mol. The van der Waals surface area contributed by atoms with Gasteiger partial charge in [0.15, 0.2) is 17.2 Å². The van der Waals surface area contributed by atoms with Gasteiger partial charge in [0.1, 0.15) is 17.9 Å². The minimum atomic E-state index is -0.0156. The fourth-order valence-corrected chi connectivity index (χ4v) is 7.27. The second-order valence-corrected chi connectivity index (χ2v) is 11.0. The monoisotopic (exact) mass is 526 g/mol. The van der Waals surface area contributed by atoms with E-state index in [1.54, 1.807) is 12.4 Å². The Bertz CT molecular complexity index is 1840. The van der Waals surface area contributed by atoms with Crippen LogP contribution in [0.15, 0.2) is 103 Å². The number of hydrogen-bond donors (Lipinski definition) is 0. The molecule has 0 bridgehead atoms. The fourth-order valence-electron chi connectivity index (χ4n) is 7.27. The lowest BCUT2D eigenvalue weighted by Gasteiger charge is -2.50. The molecule has 3 aliphatic rings. The van der Waals surface area contributed by atoms with Crippen molar-refractivity contribution in [3.05, 3.63) is 109 Å². The highest BCUT2D eigenvalue weighted by atomic mass is 16.3. The summed E-state index contributed by atoms with van der Waals surface area (Å²) in [7, 11) is 4.30. The van der Waals surface area contributed by atoms with Crippen molar-refractivity contribution in [2.45, 2.75) is 25.2 Å². The zero-order valence-corrected chi connectivity index (χ0v) is 22.8. The van der Waals surface area contributed by atoms with Gasteiger partial charge in [-0.1, -0.05) is 54.6 Å². The highest BCUT2D eigenvalue weighted by Gasteiger charge is 2.54. The predicted octanol–water partition coefficient (Wildman–Crippen LogP) is 6.75. The number of benzene rings is 3. The molecule has 198 valence electrons. The standard InChI is InChI=1S/C33H30N6O/c1-5-21-22-10-6-8-12-25(22)39-31-30(34-16-17-35-31)37(4)33(39)27(21)32-36(3)18-19-38(32)28-20(2)14-15-24-23-11-7-9-13-26(23)40-29(24)28/h5-19,21,27,32-33H,1H2,2-4H3. The highest BCUT2D eigenvalue weighted by Crippen LogP contribution is 2.55. The van der Waals surface area contributed by atoms with Gasteiger partial charge in [0.25, 0.3) is 0 Å². The van der Waals surface area contributed by atoms with E-state index in [2.05, 4.69) is 114 Å². The number of anilines is 4. The van der Waals surface area contributed by atoms with Gasteiger partial charge in [-0.15, -0.1) is 6.58 Å². The molecule has 4 atom stereocenters. The van der Waals surface area contributed by atoms with E-state index in [-0.39, 0.29) is 24.2 Å². The first-order chi connectivity index (χ1) is 19.6. The average molecular weight is 527 g/mol. The van der Waals surface area contributed by atoms with Crippen LogP contribution in [0.25, 0.3) is 21.9 Å². The molecule has 3 aliphatic heterocycles. The summed E-state index contributed by atoms with van der Waals surface area (Å²) in [6.07, 6.45) is 10.0. The molecule has 0 saturated carbocycles. The van der Waals surface area contributed by atoms with Crippen LogP contribution in [0.5, 0.6) is 0 Å². The van der Waals surface area contributed by atoms with E-state index in [1.165, 1.54) is 11.1 Å². The highest BCUT2D eigenvalue weighted by molar-refractivity contribution is 6.09. The Balaban J connectivity index is 1.35. The van der Waals surface area contributed by atoms with E-state index in [0.29, 0.717) is 0 Å². The number of fused-ring (bicyclic) bond motifs is 8. The third-order valence-electron chi connectivity index (χ3n) is 8.94. The Kier molecular flexibility index (Phi) is 4.83.